The largest absolute Gasteiger partial charge is 0.353 e. The van der Waals surface area contributed by atoms with Crippen LogP contribution in [-0.4, -0.2) is 11.5 Å². The molecule has 0 bridgehead atoms. The molecule has 1 aromatic heterocycles. The van der Waals surface area contributed by atoms with Crippen molar-refractivity contribution in [1.82, 2.24) is 4.98 Å². The van der Waals surface area contributed by atoms with E-state index < -0.39 is 0 Å². The molecule has 0 unspecified atom stereocenters. The van der Waals surface area contributed by atoms with Crippen LogP contribution >= 0.6 is 23.2 Å². The first kappa shape index (κ1) is 16.4. The van der Waals surface area contributed by atoms with Gasteiger partial charge in [0.1, 0.15) is 0 Å². The summed E-state index contributed by atoms with van der Waals surface area (Å²) < 4.78 is 0. The van der Waals surface area contributed by atoms with Crippen molar-refractivity contribution in [3.63, 3.8) is 0 Å². The molecule has 0 atom stereocenters. The number of hydrogen-bond donors (Lipinski definition) is 2. The maximum absolute atomic E-state index is 6.39. The zero-order chi connectivity index (χ0) is 16.4. The normalized spacial score (nSPS) is 11.3. The number of nitrogens with one attached hydrogen (secondary N) is 1. The lowest BCUT2D eigenvalue weighted by molar-refractivity contribution is 0.748. The molecule has 0 aliphatic heterocycles. The molecule has 3 rings (SSSR count). The summed E-state index contributed by atoms with van der Waals surface area (Å²) in [6.45, 7) is 2.81. The summed E-state index contributed by atoms with van der Waals surface area (Å²) in [5, 5.41) is 2.43. The SMILES string of the molecule is Cc1cccc(-c2[nH]c3c(Cl)cc(Cl)cc3c2CCCCN)c1. The number of aromatic amines is 1. The maximum Gasteiger partial charge on any atom is 0.0662 e. The highest BCUT2D eigenvalue weighted by Crippen LogP contribution is 2.36. The van der Waals surface area contributed by atoms with Gasteiger partial charge in [0.2, 0.25) is 0 Å². The average molecular weight is 347 g/mol. The Labute approximate surface area is 146 Å². The Morgan fingerprint density at radius 3 is 2.65 bits per heavy atom. The molecule has 3 N–H and O–H groups in total. The minimum Gasteiger partial charge on any atom is -0.353 e. The van der Waals surface area contributed by atoms with E-state index in [1.165, 1.54) is 16.7 Å². The van der Waals surface area contributed by atoms with Crippen molar-refractivity contribution in [3.05, 3.63) is 57.6 Å². The van der Waals surface area contributed by atoms with Gasteiger partial charge in [-0.2, -0.15) is 0 Å². The summed E-state index contributed by atoms with van der Waals surface area (Å²) in [5.41, 5.74) is 11.4. The third-order valence-electron chi connectivity index (χ3n) is 4.12. The maximum atomic E-state index is 6.39. The van der Waals surface area contributed by atoms with Crippen LogP contribution < -0.4 is 5.73 Å². The first-order chi connectivity index (χ1) is 11.1. The van der Waals surface area contributed by atoms with Crippen molar-refractivity contribution in [1.29, 1.82) is 0 Å². The van der Waals surface area contributed by atoms with Crippen LogP contribution in [0.25, 0.3) is 22.2 Å². The molecule has 0 saturated carbocycles. The monoisotopic (exact) mass is 346 g/mol. The summed E-state index contributed by atoms with van der Waals surface area (Å²) in [6, 6.07) is 12.3. The van der Waals surface area contributed by atoms with Gasteiger partial charge in [0.25, 0.3) is 0 Å². The number of hydrogen-bond acceptors (Lipinski definition) is 1. The van der Waals surface area contributed by atoms with Gasteiger partial charge in [0.05, 0.1) is 10.5 Å². The smallest absolute Gasteiger partial charge is 0.0662 e. The van der Waals surface area contributed by atoms with Gasteiger partial charge in [-0.05, 0) is 62.1 Å². The van der Waals surface area contributed by atoms with E-state index in [0.29, 0.717) is 16.6 Å². The fourth-order valence-electron chi connectivity index (χ4n) is 3.03. The van der Waals surface area contributed by atoms with Crippen molar-refractivity contribution >= 4 is 34.1 Å². The molecule has 23 heavy (non-hydrogen) atoms. The van der Waals surface area contributed by atoms with Gasteiger partial charge in [-0.15, -0.1) is 0 Å². The molecule has 0 saturated heterocycles. The highest BCUT2D eigenvalue weighted by Gasteiger charge is 2.15. The minimum absolute atomic E-state index is 0.659. The molecule has 0 amide bonds. The number of fused-ring (bicyclic) bond motifs is 1. The lowest BCUT2D eigenvalue weighted by Gasteiger charge is -2.06. The lowest BCUT2D eigenvalue weighted by atomic mass is 9.99. The van der Waals surface area contributed by atoms with E-state index in [2.05, 4.69) is 36.2 Å². The van der Waals surface area contributed by atoms with Gasteiger partial charge in [-0.25, -0.2) is 0 Å². The number of halogens is 2. The van der Waals surface area contributed by atoms with Crippen molar-refractivity contribution in [3.8, 4) is 11.3 Å². The molecule has 2 nitrogen and oxygen atoms in total. The zero-order valence-corrected chi connectivity index (χ0v) is 14.6. The Morgan fingerprint density at radius 2 is 1.91 bits per heavy atom. The van der Waals surface area contributed by atoms with Crippen LogP contribution in [0.4, 0.5) is 0 Å². The van der Waals surface area contributed by atoms with E-state index in [9.17, 15) is 0 Å². The first-order valence-electron chi connectivity index (χ1n) is 7.87. The predicted molar refractivity (Wildman–Crippen MR) is 100 cm³/mol. The van der Waals surface area contributed by atoms with E-state index in [-0.39, 0.29) is 0 Å². The molecular weight excluding hydrogens is 327 g/mol. The molecule has 0 aliphatic rings. The van der Waals surface area contributed by atoms with Gasteiger partial charge >= 0.3 is 0 Å². The first-order valence-corrected chi connectivity index (χ1v) is 8.62. The summed E-state index contributed by atoms with van der Waals surface area (Å²) in [7, 11) is 0. The average Bonchev–Trinajstić information content (AvgIpc) is 2.87. The van der Waals surface area contributed by atoms with Crippen molar-refractivity contribution in [2.24, 2.45) is 5.73 Å². The number of aromatic nitrogens is 1. The van der Waals surface area contributed by atoms with Gasteiger partial charge in [0, 0.05) is 16.1 Å². The number of nitrogens with two attached hydrogens (primary N) is 1. The summed E-state index contributed by atoms with van der Waals surface area (Å²) in [4.78, 5) is 3.51. The van der Waals surface area contributed by atoms with Crippen LogP contribution in [0.1, 0.15) is 24.0 Å². The van der Waals surface area contributed by atoms with E-state index in [0.717, 1.165) is 35.9 Å². The van der Waals surface area contributed by atoms with E-state index in [4.69, 9.17) is 28.9 Å². The quantitative estimate of drug-likeness (QED) is 0.569. The summed E-state index contributed by atoms with van der Waals surface area (Å²) in [6.07, 6.45) is 3.01. The number of H-pyrrole nitrogens is 1. The summed E-state index contributed by atoms with van der Waals surface area (Å²) in [5.74, 6) is 0. The van der Waals surface area contributed by atoms with Crippen molar-refractivity contribution < 1.29 is 0 Å². The Hall–Kier alpha value is -1.48. The highest BCUT2D eigenvalue weighted by molar-refractivity contribution is 6.38. The molecule has 2 aromatic carbocycles. The molecule has 4 heteroatoms. The van der Waals surface area contributed by atoms with Crippen molar-refractivity contribution in [2.75, 3.05) is 6.54 Å². The van der Waals surface area contributed by atoms with E-state index in [1.54, 1.807) is 6.07 Å². The van der Waals surface area contributed by atoms with Crippen LogP contribution in [-0.2, 0) is 6.42 Å². The Bertz CT molecular complexity index is 837. The minimum atomic E-state index is 0.659. The van der Waals surface area contributed by atoms with Crippen molar-refractivity contribution in [2.45, 2.75) is 26.2 Å². The fourth-order valence-corrected chi connectivity index (χ4v) is 3.57. The van der Waals surface area contributed by atoms with Gasteiger partial charge in [-0.3, -0.25) is 0 Å². The molecule has 0 spiro atoms. The Kier molecular flexibility index (Phi) is 4.96. The van der Waals surface area contributed by atoms with Crippen LogP contribution in [0.2, 0.25) is 10.0 Å². The standard InChI is InChI=1S/C19H20Cl2N2/c1-12-5-4-6-13(9-12)18-15(7-2-3-8-22)16-10-14(20)11-17(21)19(16)23-18/h4-6,9-11,23H,2-3,7-8,22H2,1H3. The van der Waals surface area contributed by atoms with Crippen LogP contribution in [0.15, 0.2) is 36.4 Å². The Morgan fingerprint density at radius 1 is 1.09 bits per heavy atom. The zero-order valence-electron chi connectivity index (χ0n) is 13.1. The molecule has 3 aromatic rings. The number of benzene rings is 2. The summed E-state index contributed by atoms with van der Waals surface area (Å²) >= 11 is 12.6. The van der Waals surface area contributed by atoms with Crippen LogP contribution in [0.3, 0.4) is 0 Å². The second kappa shape index (κ2) is 6.96. The molecule has 0 fully saturated rings. The molecule has 0 radical (unpaired) electrons. The van der Waals surface area contributed by atoms with Gasteiger partial charge in [-0.1, -0.05) is 47.0 Å². The van der Waals surface area contributed by atoms with Crippen LogP contribution in [0.5, 0.6) is 0 Å². The number of rotatable bonds is 5. The van der Waals surface area contributed by atoms with Crippen LogP contribution in [0, 0.1) is 6.92 Å². The molecule has 1 heterocycles. The molecule has 0 aliphatic carbocycles. The van der Waals surface area contributed by atoms with Gasteiger partial charge < -0.3 is 10.7 Å². The second-order valence-corrected chi connectivity index (χ2v) is 6.75. The topological polar surface area (TPSA) is 41.8 Å². The highest BCUT2D eigenvalue weighted by atomic mass is 35.5. The number of unbranched alkanes of at least 4 members (excludes halogenated alkanes) is 1. The molecule has 120 valence electrons. The second-order valence-electron chi connectivity index (χ2n) is 5.90. The van der Waals surface area contributed by atoms with E-state index >= 15 is 0 Å². The van der Waals surface area contributed by atoms with E-state index in [1.807, 2.05) is 6.07 Å². The lowest BCUT2D eigenvalue weighted by Crippen LogP contribution is -1.99. The third-order valence-corrected chi connectivity index (χ3v) is 4.64. The third kappa shape index (κ3) is 3.40. The Balaban J connectivity index is 2.19. The van der Waals surface area contributed by atoms with Gasteiger partial charge in [0.15, 0.2) is 0 Å². The predicted octanol–water partition coefficient (Wildman–Crippen LogP) is 5.73. The number of aryl methyl sites for hydroxylation is 2. The molecular formula is C19H20Cl2N2. The fraction of sp³-hybridized carbons (Fsp3) is 0.263.